The number of rotatable bonds is 6. The van der Waals surface area contributed by atoms with Crippen LogP contribution in [-0.4, -0.2) is 58.2 Å². The molecule has 0 aliphatic rings. The fourth-order valence-electron chi connectivity index (χ4n) is 1.78. The van der Waals surface area contributed by atoms with Gasteiger partial charge in [0.1, 0.15) is 0 Å². The van der Waals surface area contributed by atoms with Crippen LogP contribution in [0.15, 0.2) is 29.2 Å². The number of hydrogen-bond acceptors (Lipinski definition) is 7. The number of aromatic nitrogens is 3. The van der Waals surface area contributed by atoms with Crippen LogP contribution in [0.5, 0.6) is 0 Å². The van der Waals surface area contributed by atoms with E-state index in [1.807, 2.05) is 31.1 Å². The van der Waals surface area contributed by atoms with Gasteiger partial charge in [0.05, 0.1) is 0 Å². The molecule has 2 rings (SSSR count). The summed E-state index contributed by atoms with van der Waals surface area (Å²) in [5.74, 6) is -0.305. The largest absolute Gasteiger partial charge is 0.379 e. The van der Waals surface area contributed by atoms with Crippen molar-refractivity contribution in [3.8, 4) is 0 Å². The normalized spacial score (nSPS) is 10.8. The van der Waals surface area contributed by atoms with Crippen molar-refractivity contribution in [3.05, 3.63) is 35.8 Å². The van der Waals surface area contributed by atoms with Crippen molar-refractivity contribution >= 4 is 11.7 Å². The Balaban J connectivity index is 2.15. The van der Waals surface area contributed by atoms with Gasteiger partial charge in [0.2, 0.25) is 11.5 Å². The maximum atomic E-state index is 12.5. The van der Waals surface area contributed by atoms with Crippen molar-refractivity contribution in [2.24, 2.45) is 0 Å². The lowest BCUT2D eigenvalue weighted by molar-refractivity contribution is 0.0721. The van der Waals surface area contributed by atoms with Gasteiger partial charge in [-0.3, -0.25) is 9.78 Å². The monoisotopic (exact) mass is 290 g/mol. The van der Waals surface area contributed by atoms with Gasteiger partial charge in [-0.2, -0.15) is 0 Å². The number of hydrogen-bond donors (Lipinski definition) is 1. The SMILES string of the molecule is CN(C)CCN(Cc1cccnc1)C(=O)c1nonc1N. The molecule has 0 spiro atoms. The van der Waals surface area contributed by atoms with E-state index in [1.165, 1.54) is 0 Å². The maximum Gasteiger partial charge on any atom is 0.280 e. The van der Waals surface area contributed by atoms with Crippen LogP contribution in [0.4, 0.5) is 5.82 Å². The highest BCUT2D eigenvalue weighted by Gasteiger charge is 2.23. The summed E-state index contributed by atoms with van der Waals surface area (Å²) in [6.45, 7) is 1.68. The molecule has 21 heavy (non-hydrogen) atoms. The molecule has 2 heterocycles. The maximum absolute atomic E-state index is 12.5. The van der Waals surface area contributed by atoms with Gasteiger partial charge in [0.15, 0.2) is 0 Å². The molecular weight excluding hydrogens is 272 g/mol. The van der Waals surface area contributed by atoms with Crippen molar-refractivity contribution < 1.29 is 9.42 Å². The summed E-state index contributed by atoms with van der Waals surface area (Å²) in [5.41, 5.74) is 6.56. The molecule has 8 heteroatoms. The van der Waals surface area contributed by atoms with Gasteiger partial charge in [-0.25, -0.2) is 4.63 Å². The summed E-state index contributed by atoms with van der Waals surface area (Å²) in [6.07, 6.45) is 3.41. The highest BCUT2D eigenvalue weighted by molar-refractivity contribution is 5.96. The van der Waals surface area contributed by atoms with Gasteiger partial charge in [-0.05, 0) is 36.0 Å². The second-order valence-corrected chi connectivity index (χ2v) is 4.89. The van der Waals surface area contributed by atoms with Crippen LogP contribution in [0.3, 0.4) is 0 Å². The summed E-state index contributed by atoms with van der Waals surface area (Å²) >= 11 is 0. The first-order valence-corrected chi connectivity index (χ1v) is 6.49. The Morgan fingerprint density at radius 2 is 2.14 bits per heavy atom. The molecule has 0 saturated carbocycles. The number of pyridine rings is 1. The minimum absolute atomic E-state index is 0.000963. The van der Waals surface area contributed by atoms with Crippen LogP contribution in [0.25, 0.3) is 0 Å². The van der Waals surface area contributed by atoms with Crippen molar-refractivity contribution in [1.29, 1.82) is 0 Å². The smallest absolute Gasteiger partial charge is 0.280 e. The Kier molecular flexibility index (Phi) is 4.83. The van der Waals surface area contributed by atoms with Crippen molar-refractivity contribution in [3.63, 3.8) is 0 Å². The third-order valence-corrected chi connectivity index (χ3v) is 2.92. The molecule has 2 aromatic heterocycles. The van der Waals surface area contributed by atoms with Crippen molar-refractivity contribution in [1.82, 2.24) is 25.1 Å². The fraction of sp³-hybridized carbons (Fsp3) is 0.385. The van der Waals surface area contributed by atoms with Gasteiger partial charge in [-0.15, -0.1) is 0 Å². The first kappa shape index (κ1) is 14.9. The number of nitrogen functional groups attached to an aromatic ring is 1. The van der Waals surface area contributed by atoms with E-state index in [1.54, 1.807) is 17.3 Å². The molecule has 112 valence electrons. The molecule has 2 N–H and O–H groups in total. The quantitative estimate of drug-likeness (QED) is 0.813. The van der Waals surface area contributed by atoms with Crippen LogP contribution in [0, 0.1) is 0 Å². The molecule has 0 aromatic carbocycles. The van der Waals surface area contributed by atoms with Crippen LogP contribution < -0.4 is 5.73 Å². The molecule has 0 radical (unpaired) electrons. The number of carbonyl (C=O) groups is 1. The molecule has 0 fully saturated rings. The molecule has 0 saturated heterocycles. The van der Waals surface area contributed by atoms with Gasteiger partial charge in [0, 0.05) is 32.0 Å². The molecule has 0 aliphatic heterocycles. The minimum atomic E-state index is -0.306. The summed E-state index contributed by atoms with van der Waals surface area (Å²) in [5, 5.41) is 7.02. The average molecular weight is 290 g/mol. The van der Waals surface area contributed by atoms with E-state index in [0.717, 1.165) is 12.1 Å². The number of nitrogens with two attached hydrogens (primary N) is 1. The van der Waals surface area contributed by atoms with Crippen LogP contribution in [-0.2, 0) is 6.54 Å². The number of nitrogens with zero attached hydrogens (tertiary/aromatic N) is 5. The van der Waals surface area contributed by atoms with E-state index in [9.17, 15) is 4.79 Å². The van der Waals surface area contributed by atoms with Crippen molar-refractivity contribution in [2.75, 3.05) is 32.9 Å². The number of carbonyl (C=O) groups excluding carboxylic acids is 1. The van der Waals surface area contributed by atoms with E-state index in [4.69, 9.17) is 5.73 Å². The fourth-order valence-corrected chi connectivity index (χ4v) is 1.78. The predicted octanol–water partition coefficient (Wildman–Crippen LogP) is 0.251. The van der Waals surface area contributed by atoms with E-state index in [0.29, 0.717) is 13.1 Å². The minimum Gasteiger partial charge on any atom is -0.379 e. The van der Waals surface area contributed by atoms with Gasteiger partial charge >= 0.3 is 0 Å². The molecule has 0 aliphatic carbocycles. The van der Waals surface area contributed by atoms with Gasteiger partial charge < -0.3 is 15.5 Å². The van der Waals surface area contributed by atoms with Gasteiger partial charge in [-0.1, -0.05) is 6.07 Å². The molecule has 0 unspecified atom stereocenters. The highest BCUT2D eigenvalue weighted by Crippen LogP contribution is 2.11. The van der Waals surface area contributed by atoms with Crippen LogP contribution >= 0.6 is 0 Å². The molecule has 2 aromatic rings. The number of likely N-dealkylation sites (N-methyl/N-ethyl adjacent to an activating group) is 1. The molecule has 0 bridgehead atoms. The zero-order valence-electron chi connectivity index (χ0n) is 12.1. The van der Waals surface area contributed by atoms with E-state index < -0.39 is 0 Å². The summed E-state index contributed by atoms with van der Waals surface area (Å²) in [4.78, 5) is 20.2. The zero-order chi connectivity index (χ0) is 15.2. The summed E-state index contributed by atoms with van der Waals surface area (Å²) in [6, 6.07) is 3.74. The molecule has 1 amide bonds. The van der Waals surface area contributed by atoms with E-state index >= 15 is 0 Å². The lowest BCUT2D eigenvalue weighted by Crippen LogP contribution is -2.36. The lowest BCUT2D eigenvalue weighted by atomic mass is 10.2. The number of anilines is 1. The molecule has 8 nitrogen and oxygen atoms in total. The Morgan fingerprint density at radius 3 is 2.71 bits per heavy atom. The molecular formula is C13H18N6O2. The Hall–Kier alpha value is -2.48. The summed E-state index contributed by atoms with van der Waals surface area (Å²) < 4.78 is 4.50. The average Bonchev–Trinajstić information content (AvgIpc) is 2.90. The molecule has 0 atom stereocenters. The second kappa shape index (κ2) is 6.80. The van der Waals surface area contributed by atoms with Crippen LogP contribution in [0.1, 0.15) is 16.1 Å². The van der Waals surface area contributed by atoms with E-state index in [-0.39, 0.29) is 17.4 Å². The number of amides is 1. The lowest BCUT2D eigenvalue weighted by Gasteiger charge is -2.23. The standard InChI is InChI=1S/C13H18N6O2/c1-18(2)6-7-19(9-10-4-3-5-15-8-10)13(20)11-12(14)17-21-16-11/h3-5,8H,6-7,9H2,1-2H3,(H2,14,17). The third kappa shape index (κ3) is 3.99. The predicted molar refractivity (Wildman–Crippen MR) is 76.2 cm³/mol. The highest BCUT2D eigenvalue weighted by atomic mass is 16.6. The van der Waals surface area contributed by atoms with Crippen LogP contribution in [0.2, 0.25) is 0 Å². The first-order valence-electron chi connectivity index (χ1n) is 6.49. The summed E-state index contributed by atoms with van der Waals surface area (Å²) in [7, 11) is 3.89. The van der Waals surface area contributed by atoms with Crippen molar-refractivity contribution in [2.45, 2.75) is 6.54 Å². The second-order valence-electron chi connectivity index (χ2n) is 4.89. The Bertz CT molecular complexity index is 583. The Labute approximate surface area is 122 Å². The Morgan fingerprint density at radius 1 is 1.33 bits per heavy atom. The topological polar surface area (TPSA) is 101 Å². The van der Waals surface area contributed by atoms with E-state index in [2.05, 4.69) is 19.9 Å². The first-order chi connectivity index (χ1) is 10.1. The van der Waals surface area contributed by atoms with Gasteiger partial charge in [0.25, 0.3) is 5.91 Å². The zero-order valence-corrected chi connectivity index (χ0v) is 12.1. The third-order valence-electron chi connectivity index (χ3n) is 2.92.